The van der Waals surface area contributed by atoms with Crippen molar-refractivity contribution >= 4 is 18.5 Å². The number of rotatable bonds is 2. The zero-order valence-corrected chi connectivity index (χ0v) is 16.0. The summed E-state index contributed by atoms with van der Waals surface area (Å²) >= 11 is 0. The van der Waals surface area contributed by atoms with Gasteiger partial charge in [-0.3, -0.25) is 4.79 Å². The number of ether oxygens (including phenoxy) is 1. The predicted molar refractivity (Wildman–Crippen MR) is 98.1 cm³/mol. The van der Waals surface area contributed by atoms with Crippen LogP contribution in [0.4, 0.5) is 0 Å². The smallest absolute Gasteiger partial charge is 0.399 e. The molecule has 5 nitrogen and oxygen atoms in total. The zero-order chi connectivity index (χ0) is 18.4. The lowest BCUT2D eigenvalue weighted by atomic mass is 9.79. The van der Waals surface area contributed by atoms with Gasteiger partial charge in [0, 0.05) is 18.7 Å². The third-order valence-electron chi connectivity index (χ3n) is 5.39. The van der Waals surface area contributed by atoms with Crippen LogP contribution in [0.2, 0.25) is 0 Å². The van der Waals surface area contributed by atoms with Gasteiger partial charge in [-0.05, 0) is 59.1 Å². The van der Waals surface area contributed by atoms with Crippen LogP contribution >= 0.6 is 0 Å². The Hall–Kier alpha value is -1.37. The number of benzene rings is 1. The summed E-state index contributed by atoms with van der Waals surface area (Å²) < 4.78 is 17.8. The molecule has 0 radical (unpaired) electrons. The summed E-state index contributed by atoms with van der Waals surface area (Å²) in [6.45, 7) is 13.4. The molecular formula is C19H28BNO4. The fourth-order valence-electron chi connectivity index (χ4n) is 3.29. The molecule has 0 unspecified atom stereocenters. The maximum absolute atomic E-state index is 12.7. The molecule has 2 saturated heterocycles. The van der Waals surface area contributed by atoms with Crippen LogP contribution in [-0.4, -0.2) is 54.4 Å². The maximum Gasteiger partial charge on any atom is 0.494 e. The fourth-order valence-corrected chi connectivity index (χ4v) is 3.29. The van der Waals surface area contributed by atoms with Crippen molar-refractivity contribution in [3.05, 3.63) is 29.8 Å². The van der Waals surface area contributed by atoms with E-state index in [-0.39, 0.29) is 29.3 Å². The molecule has 2 fully saturated rings. The average molecular weight is 345 g/mol. The minimum absolute atomic E-state index is 0.0440. The van der Waals surface area contributed by atoms with Gasteiger partial charge in [-0.25, -0.2) is 0 Å². The lowest BCUT2D eigenvalue weighted by Crippen LogP contribution is -2.48. The van der Waals surface area contributed by atoms with Gasteiger partial charge in [0.2, 0.25) is 0 Å². The van der Waals surface area contributed by atoms with Gasteiger partial charge in [-0.1, -0.05) is 12.1 Å². The van der Waals surface area contributed by atoms with E-state index in [2.05, 4.69) is 0 Å². The third-order valence-corrected chi connectivity index (χ3v) is 5.39. The molecule has 1 amide bonds. The van der Waals surface area contributed by atoms with E-state index in [1.165, 1.54) is 0 Å². The van der Waals surface area contributed by atoms with E-state index < -0.39 is 7.12 Å². The highest BCUT2D eigenvalue weighted by atomic mass is 16.7. The Morgan fingerprint density at radius 2 is 1.48 bits per heavy atom. The first-order valence-corrected chi connectivity index (χ1v) is 8.99. The van der Waals surface area contributed by atoms with Crippen LogP contribution in [-0.2, 0) is 14.0 Å². The minimum atomic E-state index is -0.405. The van der Waals surface area contributed by atoms with E-state index in [4.69, 9.17) is 14.0 Å². The first-order chi connectivity index (χ1) is 11.6. The molecule has 2 atom stereocenters. The molecule has 25 heavy (non-hydrogen) atoms. The summed E-state index contributed by atoms with van der Waals surface area (Å²) in [5, 5.41) is 0. The number of hydrogen-bond acceptors (Lipinski definition) is 4. The number of carbonyl (C=O) groups excluding carboxylic acids is 1. The molecule has 2 aliphatic heterocycles. The van der Waals surface area contributed by atoms with E-state index >= 15 is 0 Å². The van der Waals surface area contributed by atoms with Crippen molar-refractivity contribution in [2.75, 3.05) is 13.1 Å². The van der Waals surface area contributed by atoms with E-state index in [1.54, 1.807) is 0 Å². The molecular weight excluding hydrogens is 317 g/mol. The summed E-state index contributed by atoms with van der Waals surface area (Å²) in [6.07, 6.45) is 0.133. The quantitative estimate of drug-likeness (QED) is 0.772. The Kier molecular flexibility index (Phi) is 4.73. The first-order valence-electron chi connectivity index (χ1n) is 8.99. The topological polar surface area (TPSA) is 48.0 Å². The lowest BCUT2D eigenvalue weighted by molar-refractivity contribution is -0.0586. The van der Waals surface area contributed by atoms with Crippen LogP contribution in [0, 0.1) is 0 Å². The van der Waals surface area contributed by atoms with Crippen molar-refractivity contribution in [1.29, 1.82) is 0 Å². The molecule has 2 heterocycles. The van der Waals surface area contributed by atoms with Crippen molar-refractivity contribution in [3.63, 3.8) is 0 Å². The highest BCUT2D eigenvalue weighted by Gasteiger charge is 2.51. The number of nitrogens with zero attached hydrogens (tertiary/aromatic N) is 1. The Labute approximate surface area is 150 Å². The van der Waals surface area contributed by atoms with Crippen molar-refractivity contribution in [2.45, 2.75) is 65.0 Å². The molecule has 0 N–H and O–H groups in total. The number of hydrogen-bond donors (Lipinski definition) is 0. The summed E-state index contributed by atoms with van der Waals surface area (Å²) in [7, 11) is -0.405. The summed E-state index contributed by atoms with van der Waals surface area (Å²) in [5.74, 6) is 0.0440. The lowest BCUT2D eigenvalue weighted by Gasteiger charge is -2.35. The van der Waals surface area contributed by atoms with E-state index in [0.29, 0.717) is 18.7 Å². The Bertz CT molecular complexity index is 617. The molecule has 1 aromatic carbocycles. The Morgan fingerprint density at radius 1 is 1.00 bits per heavy atom. The van der Waals surface area contributed by atoms with Crippen LogP contribution < -0.4 is 5.46 Å². The second-order valence-corrected chi connectivity index (χ2v) is 8.18. The normalized spacial score (nSPS) is 28.2. The molecule has 6 heteroatoms. The molecule has 1 aromatic rings. The minimum Gasteiger partial charge on any atom is -0.399 e. The van der Waals surface area contributed by atoms with Gasteiger partial charge in [0.15, 0.2) is 0 Å². The third kappa shape index (κ3) is 3.61. The van der Waals surface area contributed by atoms with Crippen molar-refractivity contribution in [1.82, 2.24) is 4.90 Å². The summed E-state index contributed by atoms with van der Waals surface area (Å²) in [5.41, 5.74) is 0.874. The molecule has 0 bridgehead atoms. The van der Waals surface area contributed by atoms with Crippen LogP contribution in [0.1, 0.15) is 51.9 Å². The summed E-state index contributed by atoms with van der Waals surface area (Å²) in [4.78, 5) is 14.6. The summed E-state index contributed by atoms with van der Waals surface area (Å²) in [6, 6.07) is 7.55. The van der Waals surface area contributed by atoms with Gasteiger partial charge in [0.1, 0.15) is 0 Å². The molecule has 0 saturated carbocycles. The van der Waals surface area contributed by atoms with Gasteiger partial charge in [0.05, 0.1) is 23.4 Å². The molecule has 0 spiro atoms. The molecule has 2 aliphatic rings. The molecule has 0 aromatic heterocycles. The van der Waals surface area contributed by atoms with E-state index in [0.717, 1.165) is 5.46 Å². The molecule has 136 valence electrons. The second kappa shape index (κ2) is 6.42. The van der Waals surface area contributed by atoms with Crippen LogP contribution in [0.25, 0.3) is 0 Å². The maximum atomic E-state index is 12.7. The zero-order valence-electron chi connectivity index (χ0n) is 16.0. The predicted octanol–water partition coefficient (Wildman–Crippen LogP) is 2.24. The van der Waals surface area contributed by atoms with Crippen molar-refractivity contribution in [3.8, 4) is 0 Å². The number of carbonyl (C=O) groups is 1. The standard InChI is InChI=1S/C19H28BNO4/c1-13-11-21(12-14(2)23-13)17(22)15-7-9-16(10-8-15)20-24-18(3,4)19(5,6)25-20/h7-10,13-14H,11-12H2,1-6H3/t13-,14-/m0/s1. The van der Waals surface area contributed by atoms with Crippen LogP contribution in [0.3, 0.4) is 0 Å². The monoisotopic (exact) mass is 345 g/mol. The van der Waals surface area contributed by atoms with Crippen LogP contribution in [0.15, 0.2) is 24.3 Å². The van der Waals surface area contributed by atoms with Gasteiger partial charge < -0.3 is 18.9 Å². The van der Waals surface area contributed by atoms with E-state index in [1.807, 2.05) is 70.7 Å². The van der Waals surface area contributed by atoms with Gasteiger partial charge >= 0.3 is 7.12 Å². The molecule has 3 rings (SSSR count). The fraction of sp³-hybridized carbons (Fsp3) is 0.632. The van der Waals surface area contributed by atoms with E-state index in [9.17, 15) is 4.79 Å². The Morgan fingerprint density at radius 3 is 1.96 bits per heavy atom. The molecule has 0 aliphatic carbocycles. The van der Waals surface area contributed by atoms with Gasteiger partial charge in [0.25, 0.3) is 5.91 Å². The second-order valence-electron chi connectivity index (χ2n) is 8.18. The SMILES string of the molecule is C[C@H]1CN(C(=O)c2ccc(B3OC(C)(C)C(C)(C)O3)cc2)C[C@H](C)O1. The highest BCUT2D eigenvalue weighted by Crippen LogP contribution is 2.36. The largest absolute Gasteiger partial charge is 0.494 e. The first kappa shape index (κ1) is 18.4. The average Bonchev–Trinajstić information content (AvgIpc) is 2.74. The van der Waals surface area contributed by atoms with Crippen molar-refractivity contribution < 1.29 is 18.8 Å². The van der Waals surface area contributed by atoms with Crippen LogP contribution in [0.5, 0.6) is 0 Å². The number of morpholine rings is 1. The Balaban J connectivity index is 1.72. The van der Waals surface area contributed by atoms with Gasteiger partial charge in [-0.15, -0.1) is 0 Å². The number of amides is 1. The van der Waals surface area contributed by atoms with Crippen molar-refractivity contribution in [2.24, 2.45) is 0 Å². The van der Waals surface area contributed by atoms with Gasteiger partial charge in [-0.2, -0.15) is 0 Å². The highest BCUT2D eigenvalue weighted by molar-refractivity contribution is 6.62.